The van der Waals surface area contributed by atoms with Crippen LogP contribution in [0.2, 0.25) is 0 Å². The van der Waals surface area contributed by atoms with Gasteiger partial charge in [-0.25, -0.2) is 0 Å². The van der Waals surface area contributed by atoms with Gasteiger partial charge in [0.05, 0.1) is 39.8 Å². The summed E-state index contributed by atoms with van der Waals surface area (Å²) in [5, 5.41) is -7.33. The van der Waals surface area contributed by atoms with Crippen LogP contribution in [0.25, 0.3) is 109 Å². The van der Waals surface area contributed by atoms with Crippen molar-refractivity contribution in [1.82, 2.24) is 0 Å². The van der Waals surface area contributed by atoms with E-state index in [4.69, 9.17) is 31.8 Å². The van der Waals surface area contributed by atoms with Crippen molar-refractivity contribution in [3.05, 3.63) is 181 Å². The number of benzene rings is 10. The first kappa shape index (κ1) is 12.0. The lowest BCUT2D eigenvalue weighted by molar-refractivity contribution is 0.669. The van der Waals surface area contributed by atoms with Crippen molar-refractivity contribution in [3.8, 4) is 33.4 Å². The molecule has 51 heavy (non-hydrogen) atoms. The van der Waals surface area contributed by atoms with Gasteiger partial charge in [-0.2, -0.15) is 0 Å². The van der Waals surface area contributed by atoms with Crippen LogP contribution in [0.1, 0.15) is 39.8 Å². The van der Waals surface area contributed by atoms with Crippen LogP contribution in [0.15, 0.2) is 186 Å². The monoisotopic (exact) mass is 675 g/mol. The summed E-state index contributed by atoms with van der Waals surface area (Å²) in [5.74, 6) is 0. The van der Waals surface area contributed by atoms with Crippen molar-refractivity contribution in [1.29, 1.82) is 0 Å². The van der Waals surface area contributed by atoms with Crippen molar-refractivity contribution in [2.24, 2.45) is 0 Å². The zero-order chi connectivity index (χ0) is 58.7. The van der Waals surface area contributed by atoms with Crippen LogP contribution in [-0.2, 0) is 0 Å². The molecule has 0 saturated heterocycles. The minimum Gasteiger partial charge on any atom is -0.456 e. The third-order valence-electron chi connectivity index (χ3n) is 8.65. The molecule has 0 aliphatic carbocycles. The van der Waals surface area contributed by atoms with Gasteiger partial charge < -0.3 is 4.42 Å². The highest BCUT2D eigenvalue weighted by molar-refractivity contribution is 6.25. The van der Waals surface area contributed by atoms with Crippen LogP contribution in [0, 0.1) is 0 Å². The molecular weight excluding hydrogens is 617 g/mol. The summed E-state index contributed by atoms with van der Waals surface area (Å²) in [6.07, 6.45) is 0. The van der Waals surface area contributed by atoms with Gasteiger partial charge in [-0.15, -0.1) is 0 Å². The maximum atomic E-state index is 10.1. The molecule has 0 unspecified atom stereocenters. The number of furan rings is 1. The first-order valence-electron chi connectivity index (χ1n) is 29.7. The second-order valence-electron chi connectivity index (χ2n) is 11.3. The third kappa shape index (κ3) is 4.22. The summed E-state index contributed by atoms with van der Waals surface area (Å²) in [6, 6.07) is -25.4. The highest BCUT2D eigenvalue weighted by atomic mass is 16.3. The van der Waals surface area contributed by atoms with Gasteiger partial charge in [0.15, 0.2) is 0 Å². The van der Waals surface area contributed by atoms with Gasteiger partial charge in [0.25, 0.3) is 0 Å². The minimum absolute atomic E-state index is 0.298. The fourth-order valence-corrected chi connectivity index (χ4v) is 6.52. The average Bonchev–Trinajstić information content (AvgIpc) is 3.90. The van der Waals surface area contributed by atoms with Gasteiger partial charge >= 0.3 is 0 Å². The zero-order valence-electron chi connectivity index (χ0n) is 54.5. The average molecular weight is 676 g/mol. The highest BCUT2D eigenvalue weighted by Crippen LogP contribution is 2.48. The quantitative estimate of drug-likeness (QED) is 0.170. The lowest BCUT2D eigenvalue weighted by atomic mass is 9.82. The standard InChI is InChI=1S/C50H30O/c1-2-15-34-29-45(44(28-33(34)14-1)35-24-26-43-47(30-35)51-46-27-25-32-13-4-6-18-37(32)50(43)46)49-41-21-9-7-19-39(41)48(40-20-8-10-22-42(40)49)38-23-11-16-31-12-3-5-17-36(31)38/h1-30H/i1D,2D,3D,4D,5D,6D,7D,8D,9D,10D,11D,12D,13D,14D,15D,16D,17D,18D,19D,20D,21D,22D,23D,25D,26D,27D,28D,29D,30D. The molecule has 0 N–H and O–H groups in total. The van der Waals surface area contributed by atoms with E-state index >= 15 is 0 Å². The molecule has 10 aromatic carbocycles. The van der Waals surface area contributed by atoms with Crippen LogP contribution < -0.4 is 0 Å². The van der Waals surface area contributed by atoms with Crippen LogP contribution >= 0.6 is 0 Å². The minimum atomic E-state index is -1.05. The van der Waals surface area contributed by atoms with Crippen molar-refractivity contribution < 1.29 is 44.2 Å². The Balaban J connectivity index is 1.48. The lowest BCUT2D eigenvalue weighted by Gasteiger charge is -2.21. The summed E-state index contributed by atoms with van der Waals surface area (Å²) < 4.78 is 271. The van der Waals surface area contributed by atoms with Gasteiger partial charge in [-0.05, 0) is 117 Å². The van der Waals surface area contributed by atoms with Crippen LogP contribution in [0.5, 0.6) is 0 Å². The molecule has 1 heterocycles. The Bertz CT molecular complexity index is 4780. The number of fused-ring (bicyclic) bond motifs is 9. The Morgan fingerprint density at radius 2 is 0.843 bits per heavy atom. The summed E-state index contributed by atoms with van der Waals surface area (Å²) in [4.78, 5) is 0. The molecule has 11 aromatic rings. The molecule has 0 atom stereocenters. The molecule has 0 fully saturated rings. The number of hydrogen-bond donors (Lipinski definition) is 0. The molecule has 0 radical (unpaired) electrons. The van der Waals surface area contributed by atoms with E-state index in [1.165, 1.54) is 0 Å². The maximum absolute atomic E-state index is 10.1. The van der Waals surface area contributed by atoms with Gasteiger partial charge in [0.2, 0.25) is 0 Å². The first-order valence-corrected chi connectivity index (χ1v) is 15.2. The van der Waals surface area contributed by atoms with Crippen LogP contribution in [0.4, 0.5) is 0 Å². The van der Waals surface area contributed by atoms with E-state index in [1.54, 1.807) is 0 Å². The van der Waals surface area contributed by atoms with Gasteiger partial charge in [0, 0.05) is 10.8 Å². The molecule has 11 rings (SSSR count). The van der Waals surface area contributed by atoms with Gasteiger partial charge in [-0.1, -0.05) is 151 Å². The van der Waals surface area contributed by atoms with Crippen LogP contribution in [0.3, 0.4) is 0 Å². The van der Waals surface area contributed by atoms with Crippen molar-refractivity contribution in [2.45, 2.75) is 0 Å². The molecule has 0 spiro atoms. The molecule has 0 aliphatic rings. The second-order valence-corrected chi connectivity index (χ2v) is 11.3. The molecular formula is C50H30O. The van der Waals surface area contributed by atoms with Crippen molar-refractivity contribution in [2.75, 3.05) is 0 Å². The van der Waals surface area contributed by atoms with E-state index in [0.717, 1.165) is 6.07 Å². The van der Waals surface area contributed by atoms with Crippen molar-refractivity contribution in [3.63, 3.8) is 0 Å². The Morgan fingerprint density at radius 3 is 1.51 bits per heavy atom. The normalized spacial score (nSPS) is 19.9. The largest absolute Gasteiger partial charge is 0.456 e. The van der Waals surface area contributed by atoms with Gasteiger partial charge in [-0.3, -0.25) is 0 Å². The topological polar surface area (TPSA) is 13.1 Å². The van der Waals surface area contributed by atoms with E-state index in [9.17, 15) is 12.3 Å². The highest BCUT2D eigenvalue weighted by Gasteiger charge is 2.21. The Labute approximate surface area is 335 Å². The predicted octanol–water partition coefficient (Wildman–Crippen LogP) is 14.4. The Kier molecular flexibility index (Phi) is 2.56. The molecule has 0 saturated carbocycles. The molecule has 0 bridgehead atoms. The Hall–Kier alpha value is -6.70. The van der Waals surface area contributed by atoms with E-state index in [0.29, 0.717) is 0 Å². The smallest absolute Gasteiger partial charge is 0.136 e. The molecule has 0 aliphatic heterocycles. The maximum Gasteiger partial charge on any atom is 0.136 e. The van der Waals surface area contributed by atoms with Gasteiger partial charge in [0.1, 0.15) is 11.2 Å². The third-order valence-corrected chi connectivity index (χ3v) is 8.65. The number of hydrogen-bond acceptors (Lipinski definition) is 1. The zero-order valence-corrected chi connectivity index (χ0v) is 25.5. The second kappa shape index (κ2) is 10.9. The van der Waals surface area contributed by atoms with Crippen molar-refractivity contribution >= 4 is 75.8 Å². The van der Waals surface area contributed by atoms with E-state index in [2.05, 4.69) is 0 Å². The van der Waals surface area contributed by atoms with E-state index < -0.39 is 268 Å². The lowest BCUT2D eigenvalue weighted by Crippen LogP contribution is -1.94. The summed E-state index contributed by atoms with van der Waals surface area (Å²) in [5.41, 5.74) is -5.63. The first-order chi connectivity index (χ1) is 37.4. The fraction of sp³-hybridized carbons (Fsp3) is 0. The Morgan fingerprint density at radius 1 is 0.333 bits per heavy atom. The predicted molar refractivity (Wildman–Crippen MR) is 218 cm³/mol. The molecule has 1 nitrogen and oxygen atoms in total. The number of rotatable bonds is 3. The summed E-state index contributed by atoms with van der Waals surface area (Å²) >= 11 is 0. The summed E-state index contributed by atoms with van der Waals surface area (Å²) in [6.45, 7) is 0. The molecule has 0 amide bonds. The van der Waals surface area contributed by atoms with E-state index in [1.807, 2.05) is 0 Å². The molecule has 1 heteroatoms. The summed E-state index contributed by atoms with van der Waals surface area (Å²) in [7, 11) is 0. The molecule has 1 aromatic heterocycles. The fourth-order valence-electron chi connectivity index (χ4n) is 6.52. The SMILES string of the molecule is [2H]c1c([2H])c([2H])c2c([2H])c(-c3c4c([2H])c([2H])c([2H])c([2H])c4c(-c4c([2H])c([2H])c([2H])c5c([2H])c([2H])c([2H])c([2H])c45)c4c([2H])c([2H])c([2H])c([2H])c34)c(-c3cc([2H])c4c(oc5c([2H])c([2H])c6c([2H])c([2H])c([2H])c([2H])c6c54)c3[2H])c([2H])c2c1[2H]. The van der Waals surface area contributed by atoms with E-state index in [-0.39, 0.29) is 16.2 Å². The van der Waals surface area contributed by atoms with Crippen LogP contribution in [-0.4, -0.2) is 0 Å². The molecule has 236 valence electrons.